The topological polar surface area (TPSA) is 24.9 Å². The number of fused-ring (bicyclic) bond motifs is 1. The third-order valence-corrected chi connectivity index (χ3v) is 5.71. The van der Waals surface area contributed by atoms with Gasteiger partial charge in [0, 0.05) is 12.5 Å². The molecule has 1 aliphatic carbocycles. The quantitative estimate of drug-likeness (QED) is 0.795. The third-order valence-electron chi connectivity index (χ3n) is 4.65. The van der Waals surface area contributed by atoms with E-state index in [1.165, 1.54) is 48.2 Å². The minimum atomic E-state index is 0.594. The summed E-state index contributed by atoms with van der Waals surface area (Å²) in [5.74, 6) is 0.988. The molecule has 0 saturated heterocycles. The second-order valence-corrected chi connectivity index (χ2v) is 7.38. The number of nitrogens with one attached hydrogen (secondary N) is 1. The van der Waals surface area contributed by atoms with Crippen molar-refractivity contribution in [1.29, 1.82) is 0 Å². The van der Waals surface area contributed by atoms with Crippen molar-refractivity contribution in [2.45, 2.75) is 57.9 Å². The van der Waals surface area contributed by atoms with Gasteiger partial charge in [0.2, 0.25) is 0 Å². The van der Waals surface area contributed by atoms with Gasteiger partial charge in [0.25, 0.3) is 0 Å². The van der Waals surface area contributed by atoms with Gasteiger partial charge in [0.1, 0.15) is 0 Å². The number of aromatic nitrogens is 1. The van der Waals surface area contributed by atoms with Gasteiger partial charge in [-0.15, -0.1) is 11.3 Å². The zero-order valence-corrected chi connectivity index (χ0v) is 13.8. The van der Waals surface area contributed by atoms with E-state index >= 15 is 0 Å². The molecule has 0 spiro atoms. The molecule has 1 fully saturated rings. The molecule has 1 aromatic carbocycles. The molecule has 114 valence electrons. The molecule has 0 bridgehead atoms. The van der Waals surface area contributed by atoms with E-state index in [9.17, 15) is 0 Å². The lowest BCUT2D eigenvalue weighted by Gasteiger charge is -2.18. The zero-order valence-electron chi connectivity index (χ0n) is 13.0. The van der Waals surface area contributed by atoms with E-state index in [4.69, 9.17) is 4.98 Å². The van der Waals surface area contributed by atoms with E-state index in [2.05, 4.69) is 36.5 Å². The number of hydrogen-bond acceptors (Lipinski definition) is 3. The Hall–Kier alpha value is -0.930. The summed E-state index contributed by atoms with van der Waals surface area (Å²) in [5, 5.41) is 4.95. The maximum atomic E-state index is 4.79. The lowest BCUT2D eigenvalue weighted by atomic mass is 9.97. The Morgan fingerprint density at radius 1 is 1.29 bits per heavy atom. The average Bonchev–Trinajstić information content (AvgIpc) is 3.13. The van der Waals surface area contributed by atoms with Crippen LogP contribution >= 0.6 is 11.3 Å². The molecule has 21 heavy (non-hydrogen) atoms. The lowest BCUT2D eigenvalue weighted by Crippen LogP contribution is -2.31. The van der Waals surface area contributed by atoms with Gasteiger partial charge in [-0.2, -0.15) is 0 Å². The summed E-state index contributed by atoms with van der Waals surface area (Å²) >= 11 is 1.86. The van der Waals surface area contributed by atoms with Gasteiger partial charge in [-0.25, -0.2) is 4.98 Å². The van der Waals surface area contributed by atoms with E-state index in [-0.39, 0.29) is 0 Å². The van der Waals surface area contributed by atoms with Gasteiger partial charge in [-0.1, -0.05) is 44.7 Å². The molecule has 1 saturated carbocycles. The molecule has 2 nitrogen and oxygen atoms in total. The largest absolute Gasteiger partial charge is 0.314 e. The van der Waals surface area contributed by atoms with Gasteiger partial charge in [0.15, 0.2) is 0 Å². The van der Waals surface area contributed by atoms with Crippen LogP contribution < -0.4 is 5.32 Å². The maximum absolute atomic E-state index is 4.79. The molecule has 0 amide bonds. The Labute approximate surface area is 132 Å². The van der Waals surface area contributed by atoms with Crippen molar-refractivity contribution in [1.82, 2.24) is 10.3 Å². The van der Waals surface area contributed by atoms with Crippen molar-refractivity contribution >= 4 is 21.6 Å². The predicted octanol–water partition coefficient (Wildman–Crippen LogP) is 4.79. The van der Waals surface area contributed by atoms with Crippen molar-refractivity contribution in [3.05, 3.63) is 29.3 Å². The Morgan fingerprint density at radius 3 is 2.86 bits per heavy atom. The maximum Gasteiger partial charge on any atom is 0.0954 e. The van der Waals surface area contributed by atoms with Gasteiger partial charge in [-0.05, 0) is 37.4 Å². The molecule has 0 aliphatic heterocycles. The van der Waals surface area contributed by atoms with Crippen LogP contribution in [-0.2, 0) is 6.42 Å². The van der Waals surface area contributed by atoms with E-state index in [1.807, 2.05) is 11.3 Å². The highest BCUT2D eigenvalue weighted by atomic mass is 32.1. The van der Waals surface area contributed by atoms with Gasteiger partial charge >= 0.3 is 0 Å². The highest BCUT2D eigenvalue weighted by Crippen LogP contribution is 2.30. The minimum Gasteiger partial charge on any atom is -0.314 e. The predicted molar refractivity (Wildman–Crippen MR) is 92.0 cm³/mol. The van der Waals surface area contributed by atoms with Crippen LogP contribution in [0.5, 0.6) is 0 Å². The number of nitrogens with zero attached hydrogens (tertiary/aromatic N) is 1. The number of hydrogen-bond donors (Lipinski definition) is 1. The Bertz CT molecular complexity index is 524. The number of para-hydroxylation sites is 1. The number of likely N-dealkylation sites (N-methyl/N-ethyl adjacent to an activating group) is 1. The van der Waals surface area contributed by atoms with Crippen LogP contribution in [0.3, 0.4) is 0 Å². The molecule has 1 heterocycles. The number of rotatable bonds is 7. The normalized spacial score (nSPS) is 17.6. The van der Waals surface area contributed by atoms with Crippen LogP contribution in [0.15, 0.2) is 24.3 Å². The lowest BCUT2D eigenvalue weighted by molar-refractivity contribution is 0.407. The molecule has 1 N–H and O–H groups in total. The second-order valence-electron chi connectivity index (χ2n) is 6.26. The molecule has 1 aliphatic rings. The van der Waals surface area contributed by atoms with Crippen LogP contribution in [0.2, 0.25) is 0 Å². The Morgan fingerprint density at radius 2 is 2.10 bits per heavy atom. The zero-order chi connectivity index (χ0) is 14.5. The first-order valence-corrected chi connectivity index (χ1v) is 9.24. The first-order chi connectivity index (χ1) is 10.3. The minimum absolute atomic E-state index is 0.594. The van der Waals surface area contributed by atoms with Crippen LogP contribution in [0.4, 0.5) is 0 Å². The smallest absolute Gasteiger partial charge is 0.0954 e. The standard InChI is InChI=1S/C18H26N2S/c1-2-19-15(12-11-14-7-3-4-8-14)13-18-20-16-9-5-6-10-17(16)21-18/h5-6,9-10,14-15,19H,2-4,7-8,11-13H2,1H3. The number of thiazole rings is 1. The second kappa shape index (κ2) is 7.37. The highest BCUT2D eigenvalue weighted by molar-refractivity contribution is 7.18. The van der Waals surface area contributed by atoms with Crippen molar-refractivity contribution in [3.8, 4) is 0 Å². The van der Waals surface area contributed by atoms with E-state index in [1.54, 1.807) is 0 Å². The van der Waals surface area contributed by atoms with Crippen molar-refractivity contribution < 1.29 is 0 Å². The molecular weight excluding hydrogens is 276 g/mol. The van der Waals surface area contributed by atoms with E-state index in [0.29, 0.717) is 6.04 Å². The van der Waals surface area contributed by atoms with Crippen LogP contribution in [0.1, 0.15) is 50.5 Å². The molecule has 1 aromatic heterocycles. The summed E-state index contributed by atoms with van der Waals surface area (Å²) in [6.07, 6.45) is 9.60. The van der Waals surface area contributed by atoms with Crippen LogP contribution in [-0.4, -0.2) is 17.6 Å². The highest BCUT2D eigenvalue weighted by Gasteiger charge is 2.18. The monoisotopic (exact) mass is 302 g/mol. The Balaban J connectivity index is 1.60. The Kier molecular flexibility index (Phi) is 5.26. The van der Waals surface area contributed by atoms with Crippen molar-refractivity contribution in [2.75, 3.05) is 6.54 Å². The first-order valence-electron chi connectivity index (χ1n) is 8.43. The van der Waals surface area contributed by atoms with Gasteiger partial charge < -0.3 is 5.32 Å². The SMILES string of the molecule is CCNC(CCC1CCCC1)Cc1nc2ccccc2s1. The molecule has 0 radical (unpaired) electrons. The summed E-state index contributed by atoms with van der Waals surface area (Å²) in [6, 6.07) is 9.07. The number of benzene rings is 1. The first kappa shape index (κ1) is 15.0. The van der Waals surface area contributed by atoms with Crippen molar-refractivity contribution in [2.24, 2.45) is 5.92 Å². The average molecular weight is 302 g/mol. The van der Waals surface area contributed by atoms with E-state index < -0.39 is 0 Å². The van der Waals surface area contributed by atoms with E-state index in [0.717, 1.165) is 24.4 Å². The molecule has 3 heteroatoms. The summed E-state index contributed by atoms with van der Waals surface area (Å²) in [6.45, 7) is 3.27. The molecule has 3 rings (SSSR count). The molecular formula is C18H26N2S. The third kappa shape index (κ3) is 4.04. The summed E-state index contributed by atoms with van der Waals surface area (Å²) in [7, 11) is 0. The molecule has 2 aromatic rings. The van der Waals surface area contributed by atoms with Gasteiger partial charge in [0.05, 0.1) is 15.2 Å². The summed E-state index contributed by atoms with van der Waals surface area (Å²) < 4.78 is 1.32. The summed E-state index contributed by atoms with van der Waals surface area (Å²) in [4.78, 5) is 4.79. The summed E-state index contributed by atoms with van der Waals surface area (Å²) in [5.41, 5.74) is 1.16. The molecule has 1 atom stereocenters. The van der Waals surface area contributed by atoms with Crippen LogP contribution in [0, 0.1) is 5.92 Å². The fraction of sp³-hybridized carbons (Fsp3) is 0.611. The van der Waals surface area contributed by atoms with Crippen molar-refractivity contribution in [3.63, 3.8) is 0 Å². The van der Waals surface area contributed by atoms with Crippen LogP contribution in [0.25, 0.3) is 10.2 Å². The fourth-order valence-electron chi connectivity index (χ4n) is 3.52. The molecule has 1 unspecified atom stereocenters. The van der Waals surface area contributed by atoms with Gasteiger partial charge in [-0.3, -0.25) is 0 Å². The fourth-order valence-corrected chi connectivity index (χ4v) is 4.57.